The zero-order chi connectivity index (χ0) is 68.3. The van der Waals surface area contributed by atoms with Gasteiger partial charge in [-0.15, -0.1) is 0 Å². The van der Waals surface area contributed by atoms with E-state index >= 15 is 0 Å². The molecule has 21 heteroatoms. The van der Waals surface area contributed by atoms with E-state index in [1.165, 1.54) is 28.7 Å². The van der Waals surface area contributed by atoms with E-state index in [1.807, 2.05) is 110 Å². The van der Waals surface area contributed by atoms with Crippen molar-refractivity contribution >= 4 is 165 Å². The summed E-state index contributed by atoms with van der Waals surface area (Å²) in [6.07, 6.45) is 3.09. The summed E-state index contributed by atoms with van der Waals surface area (Å²) < 4.78 is 16.6. The van der Waals surface area contributed by atoms with Crippen molar-refractivity contribution in [3.63, 3.8) is 0 Å². The average Bonchev–Trinajstić information content (AvgIpc) is 0.753. The molecule has 1 N–H and O–H groups in total. The molecule has 93 heavy (non-hydrogen) atoms. The molecule has 0 aliphatic carbocycles. The molecule has 3 heterocycles. The maximum atomic E-state index is 13.4. The third kappa shape index (κ3) is 18.3. The van der Waals surface area contributed by atoms with Crippen LogP contribution in [0.3, 0.4) is 0 Å². The molecule has 9 rings (SSSR count). The summed E-state index contributed by atoms with van der Waals surface area (Å²) in [6, 6.07) is 27.3. The fourth-order valence-corrected chi connectivity index (χ4v) is 11.8. The summed E-state index contributed by atoms with van der Waals surface area (Å²) in [5, 5.41) is 14.2. The number of fused-ring (bicyclic) bond motifs is 6. The van der Waals surface area contributed by atoms with Gasteiger partial charge in [0.05, 0.1) is 78.4 Å². The van der Waals surface area contributed by atoms with E-state index in [-0.39, 0.29) is 73.5 Å². The second kappa shape index (κ2) is 35.1. The van der Waals surface area contributed by atoms with Gasteiger partial charge in [0.15, 0.2) is 16.3 Å². The maximum absolute atomic E-state index is 13.4. The fourth-order valence-electron chi connectivity index (χ4n) is 10.5. The van der Waals surface area contributed by atoms with Crippen molar-refractivity contribution in [2.75, 3.05) is 70.2 Å². The number of aliphatic carboxylic acids is 1. The molecule has 6 aromatic carbocycles. The van der Waals surface area contributed by atoms with Crippen LogP contribution in [0.25, 0.3) is 65.4 Å². The standard InChI is InChI=1S/C24H29ClN2O3.C22H25ClN2O3.C19H18BrClN2O3.C5H11.2CH4.BrH.Zn/c1-7-24(3,4)15-9-10-16-19(13-15)27(14-20(28)30-8-2)21-17(23(16)29)11-12-18(25)22(21)26(5)6;1-6-22(2,3)13-7-8-14-17(11-13)25(12-18(26)27)19-15(21(14)28)9-10-16(23)20(19)24(4)5;1-4-26-16(24)10-23-15-9-11(20)5-6-12(15)19(25)13-7-8-14(21)18(17(13)23)22(2)3;1-4-5(2)3;;;;/h9-13H,7-8,14H2,1-6H3;7-11H,6,12H2,1-5H3,(H,26,27);5-9H,4,10H2,1-3H3;4H2,1-3H3;2*1H4;1H;/q;;;-1;;;;+2/p-1. The fraction of sp³-hybridized carbons (Fsp3) is 0.403. The molecule has 0 amide bonds. The number of hydrogen-bond donors (Lipinski definition) is 1. The molecule has 0 saturated heterocycles. The van der Waals surface area contributed by atoms with Crippen molar-refractivity contribution in [1.29, 1.82) is 0 Å². The summed E-state index contributed by atoms with van der Waals surface area (Å²) in [5.41, 5.74) is 7.55. The molecular weight excluding hydrogens is 1420 g/mol. The second-order valence-corrected chi connectivity index (χ2v) is 26.1. The van der Waals surface area contributed by atoms with Gasteiger partial charge in [-0.1, -0.05) is 126 Å². The van der Waals surface area contributed by atoms with Gasteiger partial charge in [-0.2, -0.15) is 20.3 Å². The number of hydrogen-bond acceptors (Lipinski definition) is 11. The van der Waals surface area contributed by atoms with E-state index in [9.17, 15) is 33.9 Å². The van der Waals surface area contributed by atoms with Gasteiger partial charge >= 0.3 is 47.9 Å². The number of esters is 2. The van der Waals surface area contributed by atoms with Gasteiger partial charge in [-0.25, -0.2) is 0 Å². The van der Waals surface area contributed by atoms with Crippen LogP contribution in [0.5, 0.6) is 0 Å². The molecule has 500 valence electrons. The molecule has 0 bridgehead atoms. The van der Waals surface area contributed by atoms with Gasteiger partial charge in [0.1, 0.15) is 19.6 Å². The van der Waals surface area contributed by atoms with Crippen molar-refractivity contribution in [2.24, 2.45) is 0 Å². The van der Waals surface area contributed by atoms with Crippen LogP contribution in [0.15, 0.2) is 110 Å². The minimum absolute atomic E-state index is 0. The first-order valence-corrected chi connectivity index (χ1v) is 38.8. The summed E-state index contributed by atoms with van der Waals surface area (Å²) in [7, 11) is 11.1. The first-order valence-electron chi connectivity index (χ1n) is 30.0. The van der Waals surface area contributed by atoms with Crippen LogP contribution in [0, 0.1) is 5.92 Å². The Hall–Kier alpha value is -6.01. The Morgan fingerprint density at radius 2 is 0.785 bits per heavy atom. The third-order valence-corrected chi connectivity index (χ3v) is 17.7. The number of carboxylic acids is 1. The summed E-state index contributed by atoms with van der Waals surface area (Å²) in [6.45, 7) is 23.2. The number of pyridine rings is 3. The van der Waals surface area contributed by atoms with Gasteiger partial charge in [-0.3, -0.25) is 28.8 Å². The second-order valence-electron chi connectivity index (χ2n) is 24.0. The normalized spacial score (nSPS) is 11.1. The predicted octanol–water partition coefficient (Wildman–Crippen LogP) is 18.1. The SMILES string of the molecule is C.C.CCC(C)(C)c1ccc2c(=O)c3ccc(Cl)c(N(C)C)c3n(CC(=O)O)c2c1.CCOC(=O)Cn1c2cc(Br)ccc2c(=O)c2ccc(Cl)c(N(C)C)c21.CCOC(=O)Cn1c2cc(C(C)(C)CC)ccc2c(=O)c2ccc(Cl)c(N(C)C)c21.CC[C-](C)C.[Zn+][Br]. The number of benzene rings is 6. The van der Waals surface area contributed by atoms with Crippen LogP contribution in [0.4, 0.5) is 17.1 Å². The molecule has 3 aromatic heterocycles. The van der Waals surface area contributed by atoms with Crippen molar-refractivity contribution in [3.8, 4) is 0 Å². The minimum atomic E-state index is -0.976. The molecule has 0 spiro atoms. The monoisotopic (exact) mass is 1510 g/mol. The van der Waals surface area contributed by atoms with Gasteiger partial charge in [0.2, 0.25) is 0 Å². The number of rotatable bonds is 16. The number of anilines is 3. The number of ether oxygens (including phenoxy) is 2. The van der Waals surface area contributed by atoms with Crippen molar-refractivity contribution in [1.82, 2.24) is 13.7 Å². The Morgan fingerprint density at radius 3 is 1.05 bits per heavy atom. The Morgan fingerprint density at radius 1 is 0.505 bits per heavy atom. The summed E-state index contributed by atoms with van der Waals surface area (Å²) in [4.78, 5) is 81.6. The number of carbonyl (C=O) groups is 3. The van der Waals surface area contributed by atoms with E-state index < -0.39 is 5.97 Å². The van der Waals surface area contributed by atoms with Crippen LogP contribution in [-0.4, -0.2) is 92.2 Å². The van der Waals surface area contributed by atoms with E-state index in [2.05, 4.69) is 91.9 Å². The van der Waals surface area contributed by atoms with E-state index in [0.29, 0.717) is 111 Å². The molecule has 15 nitrogen and oxygen atoms in total. The van der Waals surface area contributed by atoms with Crippen molar-refractivity contribution < 1.29 is 45.3 Å². The molecule has 9 aromatic rings. The zero-order valence-electron chi connectivity index (χ0n) is 55.3. The molecule has 0 atom stereocenters. The number of carboxylic acid groups (broad SMARTS) is 1. The number of carbonyl (C=O) groups excluding carboxylic acids is 2. The number of aromatic nitrogens is 3. The van der Waals surface area contributed by atoms with Crippen molar-refractivity contribution in [3.05, 3.63) is 158 Å². The molecule has 0 unspecified atom stereocenters. The average molecular weight is 1520 g/mol. The van der Waals surface area contributed by atoms with Gasteiger partial charge in [0, 0.05) is 79.1 Å². The van der Waals surface area contributed by atoms with Crippen LogP contribution in [-0.2, 0) is 70.7 Å². The third-order valence-electron chi connectivity index (χ3n) is 16.3. The molecule has 0 aliphatic heterocycles. The topological polar surface area (TPSA) is 166 Å². The number of halogens is 5. The van der Waals surface area contributed by atoms with Crippen LogP contribution >= 0.6 is 64.4 Å². The van der Waals surface area contributed by atoms with Gasteiger partial charge in [0.25, 0.3) is 0 Å². The van der Waals surface area contributed by atoms with Crippen LogP contribution in [0.2, 0.25) is 15.1 Å². The Balaban J connectivity index is 0.000000343. The number of nitrogens with zero attached hydrogens (tertiary/aromatic N) is 6. The zero-order valence-corrected chi connectivity index (χ0v) is 63.7. The first kappa shape index (κ1) is 81.2. The van der Waals surface area contributed by atoms with Crippen LogP contribution in [0.1, 0.15) is 121 Å². The molecule has 0 saturated carbocycles. The first-order chi connectivity index (χ1) is 42.8. The molecular formula is C72H91Br2Cl3N6O9Zn. The molecule has 0 aliphatic rings. The van der Waals surface area contributed by atoms with Gasteiger partial charge < -0.3 is 48.9 Å². The molecule has 0 fully saturated rings. The quantitative estimate of drug-likeness (QED) is 0.0422. The predicted molar refractivity (Wildman–Crippen MR) is 398 cm³/mol. The summed E-state index contributed by atoms with van der Waals surface area (Å²) >= 11 is 27.1. The summed E-state index contributed by atoms with van der Waals surface area (Å²) in [5.74, 6) is -0.196. The Bertz CT molecular complexity index is 4350. The van der Waals surface area contributed by atoms with E-state index in [4.69, 9.17) is 44.3 Å². The van der Waals surface area contributed by atoms with Crippen molar-refractivity contribution in [2.45, 2.75) is 141 Å². The Kier molecular flexibility index (Phi) is 30.7. The van der Waals surface area contributed by atoms with Crippen LogP contribution < -0.4 is 31.0 Å². The van der Waals surface area contributed by atoms with E-state index in [0.717, 1.165) is 28.4 Å². The van der Waals surface area contributed by atoms with Gasteiger partial charge in [-0.05, 0) is 128 Å². The molecule has 0 radical (unpaired) electrons. The van der Waals surface area contributed by atoms with E-state index in [1.54, 1.807) is 65.4 Å². The Labute approximate surface area is 588 Å².